The Balaban J connectivity index is 1.41. The lowest BCUT2D eigenvalue weighted by atomic mass is 9.79. The van der Waals surface area contributed by atoms with E-state index in [1.54, 1.807) is 0 Å². The number of hydrogen-bond acceptors (Lipinski definition) is 3. The summed E-state index contributed by atoms with van der Waals surface area (Å²) in [5.74, 6) is 0. The van der Waals surface area contributed by atoms with Gasteiger partial charge in [0.15, 0.2) is 0 Å². The lowest BCUT2D eigenvalue weighted by Crippen LogP contribution is -2.59. The molecule has 0 amide bonds. The molecule has 25 heavy (non-hydrogen) atoms. The molecule has 2 aromatic rings. The number of hydrogen-bond donors (Lipinski definition) is 1. The van der Waals surface area contributed by atoms with Crippen LogP contribution in [0.1, 0.15) is 37.7 Å². The summed E-state index contributed by atoms with van der Waals surface area (Å²) in [7, 11) is 0. The number of nitrogens with one attached hydrogen (secondary N) is 1. The quantitative estimate of drug-likeness (QED) is 0.893. The van der Waals surface area contributed by atoms with Crippen molar-refractivity contribution in [2.75, 3.05) is 32.8 Å². The average Bonchev–Trinajstić information content (AvgIpc) is 2.69. The molecule has 0 radical (unpaired) electrons. The molecule has 1 N–H and O–H groups in total. The first kappa shape index (κ1) is 17.0. The summed E-state index contributed by atoms with van der Waals surface area (Å²) in [4.78, 5) is 2.71. The zero-order chi connectivity index (χ0) is 17.0. The van der Waals surface area contributed by atoms with Crippen molar-refractivity contribution in [3.63, 3.8) is 0 Å². The first-order valence-electron chi connectivity index (χ1n) is 9.87. The van der Waals surface area contributed by atoms with Crippen LogP contribution in [0.4, 0.5) is 0 Å². The number of fused-ring (bicyclic) bond motifs is 1. The van der Waals surface area contributed by atoms with Gasteiger partial charge in [-0.15, -0.1) is 0 Å². The predicted molar refractivity (Wildman–Crippen MR) is 104 cm³/mol. The highest BCUT2D eigenvalue weighted by Gasteiger charge is 2.38. The molecule has 1 saturated heterocycles. The van der Waals surface area contributed by atoms with Gasteiger partial charge in [0, 0.05) is 31.7 Å². The smallest absolute Gasteiger partial charge is 0.0594 e. The maximum absolute atomic E-state index is 5.59. The Morgan fingerprint density at radius 3 is 2.48 bits per heavy atom. The van der Waals surface area contributed by atoms with Gasteiger partial charge in [0.1, 0.15) is 0 Å². The minimum absolute atomic E-state index is 0.346. The molecular formula is C22H30N2O. The molecule has 134 valence electrons. The third-order valence-corrected chi connectivity index (χ3v) is 6.06. The fraction of sp³-hybridized carbons (Fsp3) is 0.545. The first-order chi connectivity index (χ1) is 12.4. The largest absolute Gasteiger partial charge is 0.379 e. The van der Waals surface area contributed by atoms with Gasteiger partial charge < -0.3 is 10.1 Å². The fourth-order valence-corrected chi connectivity index (χ4v) is 4.64. The maximum atomic E-state index is 5.59. The standard InChI is InChI=1S/C22H30N2O/c1-4-10-22(11-5-1,24-12-14-25-15-13-24)18-23-17-19-8-9-20-6-2-3-7-21(20)16-19/h2-3,6-9,16,23H,1,4-5,10-15,17-18H2. The van der Waals surface area contributed by atoms with Crippen LogP contribution in [0, 0.1) is 0 Å². The van der Waals surface area contributed by atoms with E-state index in [4.69, 9.17) is 4.74 Å². The van der Waals surface area contributed by atoms with Gasteiger partial charge in [0.2, 0.25) is 0 Å². The van der Waals surface area contributed by atoms with Gasteiger partial charge in [-0.05, 0) is 35.2 Å². The van der Waals surface area contributed by atoms with Crippen LogP contribution in [0.25, 0.3) is 10.8 Å². The zero-order valence-corrected chi connectivity index (χ0v) is 15.2. The molecule has 2 aromatic carbocycles. The molecule has 4 rings (SSSR count). The molecule has 1 aliphatic heterocycles. The second kappa shape index (κ2) is 7.86. The highest BCUT2D eigenvalue weighted by atomic mass is 16.5. The number of benzene rings is 2. The van der Waals surface area contributed by atoms with E-state index in [1.807, 2.05) is 0 Å². The van der Waals surface area contributed by atoms with Crippen LogP contribution in [0.2, 0.25) is 0 Å². The van der Waals surface area contributed by atoms with Crippen LogP contribution in [0.15, 0.2) is 42.5 Å². The molecule has 2 aliphatic rings. The van der Waals surface area contributed by atoms with E-state index in [0.29, 0.717) is 5.54 Å². The SMILES string of the molecule is c1ccc2cc(CNCC3(N4CCOCC4)CCCCC3)ccc2c1. The van der Waals surface area contributed by atoms with E-state index in [0.717, 1.165) is 39.4 Å². The van der Waals surface area contributed by atoms with E-state index in [2.05, 4.69) is 52.7 Å². The Kier molecular flexibility index (Phi) is 5.35. The van der Waals surface area contributed by atoms with Crippen LogP contribution in [-0.4, -0.2) is 43.3 Å². The summed E-state index contributed by atoms with van der Waals surface area (Å²) in [6.07, 6.45) is 6.80. The molecule has 3 heteroatoms. The Hall–Kier alpha value is -1.42. The normalized spacial score (nSPS) is 21.4. The highest BCUT2D eigenvalue weighted by molar-refractivity contribution is 5.82. The van der Waals surface area contributed by atoms with Crippen molar-refractivity contribution in [3.05, 3.63) is 48.0 Å². The third-order valence-electron chi connectivity index (χ3n) is 6.06. The summed E-state index contributed by atoms with van der Waals surface area (Å²) in [5, 5.41) is 6.45. The van der Waals surface area contributed by atoms with Crippen molar-refractivity contribution >= 4 is 10.8 Å². The third kappa shape index (κ3) is 3.89. The van der Waals surface area contributed by atoms with Gasteiger partial charge in [-0.1, -0.05) is 55.7 Å². The molecule has 3 nitrogen and oxygen atoms in total. The van der Waals surface area contributed by atoms with Gasteiger partial charge in [0.05, 0.1) is 13.2 Å². The first-order valence-corrected chi connectivity index (χ1v) is 9.87. The van der Waals surface area contributed by atoms with E-state index >= 15 is 0 Å². The summed E-state index contributed by atoms with van der Waals surface area (Å²) in [6, 6.07) is 15.4. The van der Waals surface area contributed by atoms with E-state index < -0.39 is 0 Å². The van der Waals surface area contributed by atoms with Gasteiger partial charge in [-0.25, -0.2) is 0 Å². The summed E-state index contributed by atoms with van der Waals surface area (Å²) < 4.78 is 5.59. The maximum Gasteiger partial charge on any atom is 0.0594 e. The molecule has 2 fully saturated rings. The second-order valence-electron chi connectivity index (χ2n) is 7.67. The van der Waals surface area contributed by atoms with Crippen LogP contribution < -0.4 is 5.32 Å². The van der Waals surface area contributed by atoms with Gasteiger partial charge in [-0.3, -0.25) is 4.90 Å². The predicted octanol–water partition coefficient (Wildman–Crippen LogP) is 3.96. The van der Waals surface area contributed by atoms with Gasteiger partial charge in [0.25, 0.3) is 0 Å². The van der Waals surface area contributed by atoms with Gasteiger partial charge >= 0.3 is 0 Å². The molecule has 0 aromatic heterocycles. The summed E-state index contributed by atoms with van der Waals surface area (Å²) in [5.41, 5.74) is 1.73. The molecular weight excluding hydrogens is 308 g/mol. The molecule has 0 spiro atoms. The Bertz CT molecular complexity index is 687. The lowest BCUT2D eigenvalue weighted by molar-refractivity contribution is -0.0369. The number of rotatable bonds is 5. The van der Waals surface area contributed by atoms with E-state index in [9.17, 15) is 0 Å². The average molecular weight is 338 g/mol. The van der Waals surface area contributed by atoms with Crippen molar-refractivity contribution in [1.82, 2.24) is 10.2 Å². The molecule has 1 aliphatic carbocycles. The number of nitrogens with zero attached hydrogens (tertiary/aromatic N) is 1. The second-order valence-corrected chi connectivity index (χ2v) is 7.67. The zero-order valence-electron chi connectivity index (χ0n) is 15.2. The fourth-order valence-electron chi connectivity index (χ4n) is 4.64. The summed E-state index contributed by atoms with van der Waals surface area (Å²) >= 11 is 0. The van der Waals surface area contributed by atoms with Crippen molar-refractivity contribution in [3.8, 4) is 0 Å². The Morgan fingerprint density at radius 1 is 0.920 bits per heavy atom. The monoisotopic (exact) mass is 338 g/mol. The van der Waals surface area contributed by atoms with Crippen molar-refractivity contribution in [1.29, 1.82) is 0 Å². The number of morpholine rings is 1. The van der Waals surface area contributed by atoms with E-state index in [-0.39, 0.29) is 0 Å². The van der Waals surface area contributed by atoms with Crippen molar-refractivity contribution < 1.29 is 4.74 Å². The minimum Gasteiger partial charge on any atom is -0.379 e. The number of ether oxygens (including phenoxy) is 1. The van der Waals surface area contributed by atoms with E-state index in [1.165, 1.54) is 48.4 Å². The van der Waals surface area contributed by atoms with Crippen LogP contribution >= 0.6 is 0 Å². The molecule has 0 unspecified atom stereocenters. The molecule has 1 saturated carbocycles. The minimum atomic E-state index is 0.346. The molecule has 0 bridgehead atoms. The van der Waals surface area contributed by atoms with Crippen molar-refractivity contribution in [2.24, 2.45) is 0 Å². The summed E-state index contributed by atoms with van der Waals surface area (Å²) in [6.45, 7) is 6.03. The van der Waals surface area contributed by atoms with Crippen LogP contribution in [0.5, 0.6) is 0 Å². The van der Waals surface area contributed by atoms with Crippen LogP contribution in [0.3, 0.4) is 0 Å². The van der Waals surface area contributed by atoms with Crippen molar-refractivity contribution in [2.45, 2.75) is 44.2 Å². The Labute approximate surface area is 151 Å². The molecule has 0 atom stereocenters. The highest BCUT2D eigenvalue weighted by Crippen LogP contribution is 2.34. The molecule has 1 heterocycles. The lowest BCUT2D eigenvalue weighted by Gasteiger charge is -2.48. The Morgan fingerprint density at radius 2 is 1.68 bits per heavy atom. The van der Waals surface area contributed by atoms with Gasteiger partial charge in [-0.2, -0.15) is 0 Å². The topological polar surface area (TPSA) is 24.5 Å². The van der Waals surface area contributed by atoms with Crippen LogP contribution in [-0.2, 0) is 11.3 Å².